The summed E-state index contributed by atoms with van der Waals surface area (Å²) in [6.45, 7) is 7.62. The van der Waals surface area contributed by atoms with Crippen molar-refractivity contribution in [2.75, 3.05) is 18.0 Å². The quantitative estimate of drug-likeness (QED) is 0.193. The molecular weight excluding hydrogens is 581 g/mol. The van der Waals surface area contributed by atoms with Crippen LogP contribution in [0.5, 0.6) is 5.75 Å². The zero-order valence-corrected chi connectivity index (χ0v) is 26.6. The Bertz CT molecular complexity index is 1730. The van der Waals surface area contributed by atoms with Crippen LogP contribution < -0.4 is 9.64 Å². The van der Waals surface area contributed by atoms with E-state index in [1.165, 1.54) is 5.70 Å². The second-order valence-electron chi connectivity index (χ2n) is 12.2. The van der Waals surface area contributed by atoms with Crippen molar-refractivity contribution >= 4 is 28.5 Å². The van der Waals surface area contributed by atoms with E-state index in [0.717, 1.165) is 76.9 Å². The third kappa shape index (κ3) is 6.27. The summed E-state index contributed by atoms with van der Waals surface area (Å²) < 4.78 is 8.27. The van der Waals surface area contributed by atoms with Crippen molar-refractivity contribution in [1.29, 1.82) is 0 Å². The molecule has 1 amide bonds. The first kappa shape index (κ1) is 29.3. The van der Waals surface area contributed by atoms with Crippen molar-refractivity contribution in [2.45, 2.75) is 64.6 Å². The van der Waals surface area contributed by atoms with Crippen molar-refractivity contribution in [3.8, 4) is 5.75 Å². The number of amidine groups is 1. The summed E-state index contributed by atoms with van der Waals surface area (Å²) in [5.74, 6) is 0.999. The third-order valence-corrected chi connectivity index (χ3v) is 9.69. The molecule has 0 saturated heterocycles. The molecule has 0 saturated carbocycles. The third-order valence-electron chi connectivity index (χ3n) is 8.74. The number of anilines is 1. The van der Waals surface area contributed by atoms with Crippen molar-refractivity contribution in [1.82, 2.24) is 19.7 Å². The number of hydrogen-bond donors (Lipinski definition) is 0. The number of nitrogens with zero attached hydrogens (tertiary/aromatic N) is 6. The Morgan fingerprint density at radius 2 is 1.96 bits per heavy atom. The van der Waals surface area contributed by atoms with Crippen LogP contribution in [0.1, 0.15) is 66.5 Å². The van der Waals surface area contributed by atoms with Crippen molar-refractivity contribution in [3.05, 3.63) is 118 Å². The van der Waals surface area contributed by atoms with Crippen LogP contribution in [0.2, 0.25) is 0 Å². The van der Waals surface area contributed by atoms with Crippen LogP contribution in [0.25, 0.3) is 0 Å². The Hall–Kier alpha value is -4.37. The molecule has 2 aromatic carbocycles. The van der Waals surface area contributed by atoms with Gasteiger partial charge in [-0.1, -0.05) is 68.1 Å². The number of benzene rings is 2. The molecule has 0 spiro atoms. The Morgan fingerprint density at radius 3 is 2.78 bits per heavy atom. The molecule has 1 unspecified atom stereocenters. The standard InChI is InChI=1S/C36H38N6O2S/c1-25(2)33-15-14-28(19-38-33)42(21-27-18-39-40(20-27)22-29-24-45-36-37-16-17-41(29)36)35(43)32-12-6-11-31-30(32)10-7-13-34(31)44-23-26-8-4-3-5-9-26/h3-5,7-10,13-15,18-20,24-25,32H,6,11-12,16-17,21-23H2,1-2H3. The maximum absolute atomic E-state index is 14.6. The van der Waals surface area contributed by atoms with Gasteiger partial charge in [0.15, 0.2) is 5.17 Å². The van der Waals surface area contributed by atoms with Gasteiger partial charge in [-0.15, -0.1) is 0 Å². The number of carbonyl (C=O) groups is 1. The number of pyridine rings is 1. The highest BCUT2D eigenvalue weighted by molar-refractivity contribution is 8.16. The Labute approximate surface area is 268 Å². The molecule has 1 atom stereocenters. The number of allylic oxidation sites excluding steroid dienone is 1. The fourth-order valence-electron chi connectivity index (χ4n) is 6.35. The fraction of sp³-hybridized carbons (Fsp3) is 0.333. The van der Waals surface area contributed by atoms with Crippen LogP contribution in [0.15, 0.2) is 95.4 Å². The molecule has 2 aromatic heterocycles. The Morgan fingerprint density at radius 1 is 1.07 bits per heavy atom. The molecule has 230 valence electrons. The summed E-state index contributed by atoms with van der Waals surface area (Å²) in [7, 11) is 0. The molecule has 1 aliphatic carbocycles. The zero-order valence-electron chi connectivity index (χ0n) is 25.8. The summed E-state index contributed by atoms with van der Waals surface area (Å²) in [4.78, 5) is 28.0. The van der Waals surface area contributed by atoms with Gasteiger partial charge in [0.1, 0.15) is 12.4 Å². The van der Waals surface area contributed by atoms with Crippen LogP contribution in [-0.4, -0.2) is 43.8 Å². The SMILES string of the molecule is CC(C)c1ccc(N(Cc2cnn(CC3=CSC4=NCCN34)c2)C(=O)C2CCCc3c(OCc4ccccc4)cccc32)cn1. The highest BCUT2D eigenvalue weighted by atomic mass is 32.2. The van der Waals surface area contributed by atoms with E-state index in [0.29, 0.717) is 25.6 Å². The number of fused-ring (bicyclic) bond motifs is 2. The second-order valence-corrected chi connectivity index (χ2v) is 13.0. The highest BCUT2D eigenvalue weighted by Gasteiger charge is 2.33. The molecule has 9 heteroatoms. The predicted octanol–water partition coefficient (Wildman–Crippen LogP) is 6.89. The topological polar surface area (TPSA) is 75.9 Å². The number of hydrogen-bond acceptors (Lipinski definition) is 7. The van der Waals surface area contributed by atoms with E-state index in [-0.39, 0.29) is 11.8 Å². The minimum Gasteiger partial charge on any atom is -0.489 e. The minimum absolute atomic E-state index is 0.0795. The molecule has 2 aliphatic heterocycles. The van der Waals surface area contributed by atoms with Crippen molar-refractivity contribution < 1.29 is 9.53 Å². The number of aliphatic imine (C=N–C) groups is 1. The second kappa shape index (κ2) is 12.9. The van der Waals surface area contributed by atoms with E-state index in [9.17, 15) is 4.79 Å². The molecule has 0 bridgehead atoms. The van der Waals surface area contributed by atoms with E-state index < -0.39 is 0 Å². The molecule has 4 aromatic rings. The van der Waals surface area contributed by atoms with E-state index in [1.807, 2.05) is 64.4 Å². The van der Waals surface area contributed by atoms with E-state index in [1.54, 1.807) is 11.8 Å². The Balaban J connectivity index is 1.14. The van der Waals surface area contributed by atoms with E-state index in [2.05, 4.69) is 58.6 Å². The summed E-state index contributed by atoms with van der Waals surface area (Å²) >= 11 is 1.68. The minimum atomic E-state index is -0.262. The van der Waals surface area contributed by atoms with Crippen LogP contribution in [0.3, 0.4) is 0 Å². The molecule has 7 rings (SSSR count). The molecular formula is C36H38N6O2S. The zero-order chi connectivity index (χ0) is 30.8. The first-order chi connectivity index (χ1) is 22.0. The first-order valence-corrected chi connectivity index (χ1v) is 16.7. The number of carbonyl (C=O) groups excluding carboxylic acids is 1. The molecule has 0 N–H and O–H groups in total. The monoisotopic (exact) mass is 618 g/mol. The summed E-state index contributed by atoms with van der Waals surface area (Å²) in [5, 5.41) is 7.91. The van der Waals surface area contributed by atoms with Crippen LogP contribution in [0.4, 0.5) is 5.69 Å². The van der Waals surface area contributed by atoms with E-state index >= 15 is 0 Å². The van der Waals surface area contributed by atoms with Crippen molar-refractivity contribution in [2.24, 2.45) is 4.99 Å². The average Bonchev–Trinajstić information content (AvgIpc) is 3.82. The summed E-state index contributed by atoms with van der Waals surface area (Å²) in [6, 6.07) is 20.4. The molecule has 0 radical (unpaired) electrons. The molecule has 3 aliphatic rings. The molecule has 0 fully saturated rings. The van der Waals surface area contributed by atoms with Gasteiger partial charge in [0.05, 0.1) is 43.6 Å². The van der Waals surface area contributed by atoms with Gasteiger partial charge in [0, 0.05) is 35.1 Å². The number of aromatic nitrogens is 3. The maximum Gasteiger partial charge on any atom is 0.234 e. The number of rotatable bonds is 10. The van der Waals surface area contributed by atoms with Gasteiger partial charge in [-0.2, -0.15) is 5.10 Å². The van der Waals surface area contributed by atoms with Crippen molar-refractivity contribution in [3.63, 3.8) is 0 Å². The van der Waals surface area contributed by atoms with E-state index in [4.69, 9.17) is 9.72 Å². The smallest absolute Gasteiger partial charge is 0.234 e. The van der Waals surface area contributed by atoms with Gasteiger partial charge in [-0.3, -0.25) is 19.5 Å². The van der Waals surface area contributed by atoms with Gasteiger partial charge in [-0.25, -0.2) is 0 Å². The van der Waals surface area contributed by atoms with Gasteiger partial charge >= 0.3 is 0 Å². The first-order valence-electron chi connectivity index (χ1n) is 15.8. The lowest BCUT2D eigenvalue weighted by atomic mass is 9.81. The molecule has 4 heterocycles. The summed E-state index contributed by atoms with van der Waals surface area (Å²) in [6.07, 6.45) is 8.40. The van der Waals surface area contributed by atoms with Gasteiger partial charge in [0.25, 0.3) is 0 Å². The average molecular weight is 619 g/mol. The van der Waals surface area contributed by atoms with Gasteiger partial charge < -0.3 is 14.5 Å². The predicted molar refractivity (Wildman–Crippen MR) is 179 cm³/mol. The lowest BCUT2D eigenvalue weighted by Gasteiger charge is -2.31. The number of ether oxygens (including phenoxy) is 1. The summed E-state index contributed by atoms with van der Waals surface area (Å²) in [5.41, 5.74) is 7.33. The van der Waals surface area contributed by atoms with Gasteiger partial charge in [-0.05, 0) is 60.1 Å². The number of amides is 1. The number of thioether (sulfide) groups is 1. The largest absolute Gasteiger partial charge is 0.489 e. The van der Waals surface area contributed by atoms with Gasteiger partial charge in [0.2, 0.25) is 5.91 Å². The normalized spacial score (nSPS) is 17.1. The van der Waals surface area contributed by atoms with Crippen LogP contribution in [0, 0.1) is 0 Å². The molecule has 45 heavy (non-hydrogen) atoms. The molecule has 8 nitrogen and oxygen atoms in total. The van der Waals surface area contributed by atoms with Crippen LogP contribution in [-0.2, 0) is 30.9 Å². The Kier molecular flexibility index (Phi) is 8.43. The fourth-order valence-corrected chi connectivity index (χ4v) is 7.29. The maximum atomic E-state index is 14.6. The lowest BCUT2D eigenvalue weighted by molar-refractivity contribution is -0.120. The lowest BCUT2D eigenvalue weighted by Crippen LogP contribution is -2.36. The highest BCUT2D eigenvalue weighted by Crippen LogP contribution is 2.39. The van der Waals surface area contributed by atoms with Crippen LogP contribution >= 0.6 is 11.8 Å².